The Balaban J connectivity index is 2.32. The molecule has 0 radical (unpaired) electrons. The van der Waals surface area contributed by atoms with E-state index in [9.17, 15) is 14.7 Å². The van der Waals surface area contributed by atoms with Gasteiger partial charge in [-0.1, -0.05) is 75.9 Å². The minimum Gasteiger partial charge on any atom is -0.481 e. The summed E-state index contributed by atoms with van der Waals surface area (Å²) in [5.41, 5.74) is 1.03. The molecule has 0 aromatic heterocycles. The van der Waals surface area contributed by atoms with Gasteiger partial charge in [0.1, 0.15) is 0 Å². The SMILES string of the molecule is CCCCCC(=O)OC1(c2ccccc2CCCCC)C=CC(C(=O)O)C=C1. The highest BCUT2D eigenvalue weighted by atomic mass is 16.6. The molecular formula is C24H32O4. The highest BCUT2D eigenvalue weighted by Gasteiger charge is 2.36. The summed E-state index contributed by atoms with van der Waals surface area (Å²) in [7, 11) is 0. The van der Waals surface area contributed by atoms with Gasteiger partial charge in [-0.25, -0.2) is 0 Å². The summed E-state index contributed by atoms with van der Waals surface area (Å²) < 4.78 is 5.98. The molecule has 1 aromatic rings. The highest BCUT2D eigenvalue weighted by Crippen LogP contribution is 2.36. The topological polar surface area (TPSA) is 63.6 Å². The van der Waals surface area contributed by atoms with Crippen LogP contribution in [0.1, 0.15) is 69.9 Å². The number of ether oxygens (including phenoxy) is 1. The smallest absolute Gasteiger partial charge is 0.314 e. The van der Waals surface area contributed by atoms with E-state index in [-0.39, 0.29) is 5.97 Å². The molecule has 2 rings (SSSR count). The van der Waals surface area contributed by atoms with Crippen LogP contribution in [0.15, 0.2) is 48.6 Å². The van der Waals surface area contributed by atoms with Crippen molar-refractivity contribution in [2.75, 3.05) is 0 Å². The molecule has 152 valence electrons. The Bertz CT molecular complexity index is 703. The van der Waals surface area contributed by atoms with Crippen LogP contribution in [0.3, 0.4) is 0 Å². The standard InChI is InChI=1S/C24H32O4/c1-3-5-7-11-19-12-9-10-13-21(19)24(28-22(25)14-8-6-4-2)17-15-20(16-18-24)23(26)27/h9-10,12-13,15-18,20H,3-8,11,14H2,1-2H3,(H,26,27). The van der Waals surface area contributed by atoms with Crippen LogP contribution in [0.25, 0.3) is 0 Å². The first-order valence-corrected chi connectivity index (χ1v) is 10.4. The Labute approximate surface area is 168 Å². The van der Waals surface area contributed by atoms with E-state index in [2.05, 4.69) is 19.9 Å². The van der Waals surface area contributed by atoms with E-state index in [1.807, 2.05) is 18.2 Å². The van der Waals surface area contributed by atoms with Gasteiger partial charge in [0, 0.05) is 12.0 Å². The van der Waals surface area contributed by atoms with Crippen molar-refractivity contribution < 1.29 is 19.4 Å². The number of esters is 1. The first-order chi connectivity index (χ1) is 13.5. The lowest BCUT2D eigenvalue weighted by Crippen LogP contribution is -2.32. The van der Waals surface area contributed by atoms with Crippen molar-refractivity contribution in [3.63, 3.8) is 0 Å². The molecule has 0 heterocycles. The van der Waals surface area contributed by atoms with E-state index in [0.717, 1.165) is 56.1 Å². The molecule has 1 aromatic carbocycles. The third-order valence-electron chi connectivity index (χ3n) is 5.14. The summed E-state index contributed by atoms with van der Waals surface area (Å²) in [5, 5.41) is 9.29. The maximum Gasteiger partial charge on any atom is 0.314 e. The summed E-state index contributed by atoms with van der Waals surface area (Å²) in [6, 6.07) is 7.99. The van der Waals surface area contributed by atoms with E-state index < -0.39 is 17.5 Å². The average molecular weight is 385 g/mol. The monoisotopic (exact) mass is 384 g/mol. The second kappa shape index (κ2) is 10.8. The third kappa shape index (κ3) is 5.82. The lowest BCUT2D eigenvalue weighted by Gasteiger charge is -2.32. The van der Waals surface area contributed by atoms with Crippen LogP contribution in [0, 0.1) is 5.92 Å². The molecule has 1 aliphatic rings. The van der Waals surface area contributed by atoms with Crippen LogP contribution < -0.4 is 0 Å². The molecule has 0 spiro atoms. The van der Waals surface area contributed by atoms with Gasteiger partial charge in [0.2, 0.25) is 0 Å². The van der Waals surface area contributed by atoms with Gasteiger partial charge in [-0.2, -0.15) is 0 Å². The van der Waals surface area contributed by atoms with Crippen molar-refractivity contribution in [1.29, 1.82) is 0 Å². The van der Waals surface area contributed by atoms with Gasteiger partial charge in [-0.05, 0) is 37.0 Å². The molecule has 0 aliphatic heterocycles. The zero-order chi connectivity index (χ0) is 20.4. The number of carbonyl (C=O) groups excluding carboxylic acids is 1. The highest BCUT2D eigenvalue weighted by molar-refractivity contribution is 5.76. The number of hydrogen-bond donors (Lipinski definition) is 1. The molecule has 0 amide bonds. The van der Waals surface area contributed by atoms with Gasteiger partial charge >= 0.3 is 11.9 Å². The Hall–Kier alpha value is -2.36. The van der Waals surface area contributed by atoms with Crippen LogP contribution in [0.2, 0.25) is 0 Å². The minimum absolute atomic E-state index is 0.250. The molecule has 28 heavy (non-hydrogen) atoms. The fourth-order valence-corrected chi connectivity index (χ4v) is 3.52. The maximum atomic E-state index is 12.5. The van der Waals surface area contributed by atoms with E-state index in [4.69, 9.17) is 4.74 Å². The molecule has 0 unspecified atom stereocenters. The third-order valence-corrected chi connectivity index (χ3v) is 5.14. The van der Waals surface area contributed by atoms with Crippen LogP contribution >= 0.6 is 0 Å². The molecule has 0 atom stereocenters. The number of carboxylic acids is 1. The molecule has 4 heteroatoms. The molecule has 0 fully saturated rings. The van der Waals surface area contributed by atoms with Crippen LogP contribution in [0.4, 0.5) is 0 Å². The first-order valence-electron chi connectivity index (χ1n) is 10.4. The van der Waals surface area contributed by atoms with Crippen molar-refractivity contribution in [3.05, 3.63) is 59.7 Å². The quantitative estimate of drug-likeness (QED) is 0.308. The molecular weight excluding hydrogens is 352 g/mol. The van der Waals surface area contributed by atoms with Gasteiger partial charge in [-0.15, -0.1) is 0 Å². The largest absolute Gasteiger partial charge is 0.481 e. The lowest BCUT2D eigenvalue weighted by molar-refractivity contribution is -0.152. The van der Waals surface area contributed by atoms with Crippen molar-refractivity contribution in [2.45, 2.75) is 70.8 Å². The zero-order valence-corrected chi connectivity index (χ0v) is 17.0. The summed E-state index contributed by atoms with van der Waals surface area (Å²) in [6.45, 7) is 4.27. The van der Waals surface area contributed by atoms with Crippen LogP contribution in [-0.4, -0.2) is 17.0 Å². The van der Waals surface area contributed by atoms with Gasteiger partial charge in [0.15, 0.2) is 5.60 Å². The second-order valence-corrected chi connectivity index (χ2v) is 7.42. The van der Waals surface area contributed by atoms with Gasteiger partial charge in [0.25, 0.3) is 0 Å². The van der Waals surface area contributed by atoms with Gasteiger partial charge in [0.05, 0.1) is 5.92 Å². The van der Waals surface area contributed by atoms with Gasteiger partial charge in [-0.3, -0.25) is 9.59 Å². The molecule has 0 bridgehead atoms. The van der Waals surface area contributed by atoms with Crippen molar-refractivity contribution >= 4 is 11.9 Å². The Morgan fingerprint density at radius 3 is 2.29 bits per heavy atom. The van der Waals surface area contributed by atoms with Crippen LogP contribution in [-0.2, 0) is 26.3 Å². The molecule has 1 N–H and O–H groups in total. The predicted molar refractivity (Wildman–Crippen MR) is 111 cm³/mol. The van der Waals surface area contributed by atoms with E-state index in [1.54, 1.807) is 24.3 Å². The minimum atomic E-state index is -1.03. The summed E-state index contributed by atoms with van der Waals surface area (Å²) >= 11 is 0. The van der Waals surface area contributed by atoms with E-state index in [0.29, 0.717) is 6.42 Å². The maximum absolute atomic E-state index is 12.5. The Kier molecular flexibility index (Phi) is 8.49. The number of hydrogen-bond acceptors (Lipinski definition) is 3. The number of rotatable bonds is 11. The summed E-state index contributed by atoms with van der Waals surface area (Å²) in [6.07, 6.45) is 14.2. The van der Waals surface area contributed by atoms with Crippen LogP contribution in [0.5, 0.6) is 0 Å². The first kappa shape index (κ1) is 21.9. The number of unbranched alkanes of at least 4 members (excludes halogenated alkanes) is 4. The molecule has 0 saturated heterocycles. The Morgan fingerprint density at radius 1 is 1.00 bits per heavy atom. The molecule has 4 nitrogen and oxygen atoms in total. The molecule has 0 saturated carbocycles. The predicted octanol–water partition coefficient (Wildman–Crippen LogP) is 5.56. The zero-order valence-electron chi connectivity index (χ0n) is 17.0. The lowest BCUT2D eigenvalue weighted by atomic mass is 9.82. The van der Waals surface area contributed by atoms with Crippen molar-refractivity contribution in [3.8, 4) is 0 Å². The Morgan fingerprint density at radius 2 is 1.64 bits per heavy atom. The number of benzene rings is 1. The fraction of sp³-hybridized carbons (Fsp3) is 0.500. The summed E-state index contributed by atoms with van der Waals surface area (Å²) in [5.74, 6) is -1.86. The van der Waals surface area contributed by atoms with E-state index >= 15 is 0 Å². The van der Waals surface area contributed by atoms with Crippen molar-refractivity contribution in [1.82, 2.24) is 0 Å². The molecule has 1 aliphatic carbocycles. The van der Waals surface area contributed by atoms with Gasteiger partial charge < -0.3 is 9.84 Å². The average Bonchev–Trinajstić information content (AvgIpc) is 2.69. The number of aliphatic carboxylic acids is 1. The fourth-order valence-electron chi connectivity index (χ4n) is 3.52. The number of carbonyl (C=O) groups is 2. The van der Waals surface area contributed by atoms with E-state index in [1.165, 1.54) is 0 Å². The second-order valence-electron chi connectivity index (χ2n) is 7.42. The summed E-state index contributed by atoms with van der Waals surface area (Å²) in [4.78, 5) is 23.9. The van der Waals surface area contributed by atoms with Crippen molar-refractivity contribution in [2.24, 2.45) is 5.92 Å². The number of aryl methyl sites for hydroxylation is 1. The number of carboxylic acid groups (broad SMARTS) is 1. The normalized spacial score (nSPS) is 20.9.